The molecular formula is C33H33FN2O3. The Hall–Kier alpha value is -3.93. The molecule has 0 saturated heterocycles. The molecule has 1 aromatic heterocycles. The van der Waals surface area contributed by atoms with E-state index in [1.807, 2.05) is 41.0 Å². The second-order valence-electron chi connectivity index (χ2n) is 11.0. The van der Waals surface area contributed by atoms with Crippen molar-refractivity contribution in [3.05, 3.63) is 107 Å². The summed E-state index contributed by atoms with van der Waals surface area (Å²) in [5.74, 6) is -0.604. The molecule has 6 rings (SSSR count). The maximum absolute atomic E-state index is 14.3. The van der Waals surface area contributed by atoms with Gasteiger partial charge >= 0.3 is 5.97 Å². The highest BCUT2D eigenvalue weighted by molar-refractivity contribution is 5.87. The SMILES string of the molecule is O=C(O)Cn1c2c(c3cc(F)ccc31)C[C@@H](N(CC1CC1)C(=O)CC(c1ccccc1)c1ccccc1)CC2. The van der Waals surface area contributed by atoms with Gasteiger partial charge in [0.1, 0.15) is 12.4 Å². The van der Waals surface area contributed by atoms with Crippen LogP contribution in [0.4, 0.5) is 4.39 Å². The number of halogens is 1. The Morgan fingerprint density at radius 3 is 2.23 bits per heavy atom. The molecule has 5 nitrogen and oxygen atoms in total. The molecule has 3 aromatic carbocycles. The Kier molecular flexibility index (Phi) is 6.94. The van der Waals surface area contributed by atoms with Crippen molar-refractivity contribution in [1.82, 2.24) is 9.47 Å². The molecule has 2 aliphatic carbocycles. The number of fused-ring (bicyclic) bond motifs is 3. The van der Waals surface area contributed by atoms with Crippen LogP contribution in [0.1, 0.15) is 54.0 Å². The van der Waals surface area contributed by atoms with E-state index in [0.29, 0.717) is 25.2 Å². The number of hydrogen-bond acceptors (Lipinski definition) is 2. The van der Waals surface area contributed by atoms with Crippen LogP contribution in [-0.2, 0) is 29.0 Å². The van der Waals surface area contributed by atoms with Gasteiger partial charge in [-0.15, -0.1) is 0 Å². The maximum Gasteiger partial charge on any atom is 0.323 e. The normalized spacial score (nSPS) is 16.8. The molecule has 1 fully saturated rings. The van der Waals surface area contributed by atoms with E-state index in [-0.39, 0.29) is 30.2 Å². The second kappa shape index (κ2) is 10.7. The van der Waals surface area contributed by atoms with Crippen LogP contribution in [0, 0.1) is 11.7 Å². The molecule has 1 atom stereocenters. The number of carbonyl (C=O) groups is 2. The molecule has 6 heteroatoms. The predicted octanol–water partition coefficient (Wildman–Crippen LogP) is 6.18. The van der Waals surface area contributed by atoms with Crippen molar-refractivity contribution in [2.75, 3.05) is 6.54 Å². The molecule has 39 heavy (non-hydrogen) atoms. The topological polar surface area (TPSA) is 62.5 Å². The summed E-state index contributed by atoms with van der Waals surface area (Å²) in [7, 11) is 0. The fourth-order valence-electron chi connectivity index (χ4n) is 6.31. The van der Waals surface area contributed by atoms with Crippen LogP contribution in [0.25, 0.3) is 10.9 Å². The van der Waals surface area contributed by atoms with Gasteiger partial charge in [-0.3, -0.25) is 9.59 Å². The number of hydrogen-bond donors (Lipinski definition) is 1. The number of aliphatic carboxylic acids is 1. The van der Waals surface area contributed by atoms with E-state index in [1.54, 1.807) is 6.07 Å². The van der Waals surface area contributed by atoms with Gasteiger partial charge in [0.2, 0.25) is 5.91 Å². The molecule has 1 amide bonds. The Balaban J connectivity index is 1.32. The van der Waals surface area contributed by atoms with E-state index in [0.717, 1.165) is 59.1 Å². The van der Waals surface area contributed by atoms with Gasteiger partial charge in [0.15, 0.2) is 0 Å². The first-order valence-electron chi connectivity index (χ1n) is 13.9. The monoisotopic (exact) mass is 524 g/mol. The Bertz CT molecular complexity index is 1450. The van der Waals surface area contributed by atoms with Crippen molar-refractivity contribution in [3.8, 4) is 0 Å². The average Bonchev–Trinajstić information content (AvgIpc) is 3.73. The number of amides is 1. The molecule has 0 radical (unpaired) electrons. The zero-order valence-electron chi connectivity index (χ0n) is 21.9. The lowest BCUT2D eigenvalue weighted by Crippen LogP contribution is -2.45. The minimum Gasteiger partial charge on any atom is -0.480 e. The predicted molar refractivity (Wildman–Crippen MR) is 149 cm³/mol. The maximum atomic E-state index is 14.3. The van der Waals surface area contributed by atoms with Crippen molar-refractivity contribution < 1.29 is 19.1 Å². The first kappa shape index (κ1) is 25.4. The third-order valence-corrected chi connectivity index (χ3v) is 8.39. The standard InChI is InChI=1S/C33H33FN2O3/c34-25-13-15-30-28(17-25)29-18-26(14-16-31(29)36(30)21-33(38)39)35(20-22-11-12-22)32(37)19-27(23-7-3-1-4-8-23)24-9-5-2-6-10-24/h1-10,13,15,17,22,26-27H,11-12,14,16,18-21H2,(H,38,39)/t26-/m0/s1. The summed E-state index contributed by atoms with van der Waals surface area (Å²) in [6, 6.07) is 25.0. The summed E-state index contributed by atoms with van der Waals surface area (Å²) < 4.78 is 16.1. The molecule has 200 valence electrons. The van der Waals surface area contributed by atoms with Crippen molar-refractivity contribution in [3.63, 3.8) is 0 Å². The van der Waals surface area contributed by atoms with E-state index in [9.17, 15) is 19.1 Å². The van der Waals surface area contributed by atoms with Crippen LogP contribution >= 0.6 is 0 Å². The molecule has 0 unspecified atom stereocenters. The van der Waals surface area contributed by atoms with E-state index >= 15 is 0 Å². The zero-order valence-corrected chi connectivity index (χ0v) is 21.9. The van der Waals surface area contributed by atoms with Crippen LogP contribution in [0.2, 0.25) is 0 Å². The first-order chi connectivity index (χ1) is 19.0. The van der Waals surface area contributed by atoms with Gasteiger partial charge < -0.3 is 14.6 Å². The van der Waals surface area contributed by atoms with Gasteiger partial charge in [-0.1, -0.05) is 60.7 Å². The van der Waals surface area contributed by atoms with E-state index in [1.165, 1.54) is 12.1 Å². The number of carboxylic acids is 1. The third kappa shape index (κ3) is 5.33. The number of benzene rings is 3. The second-order valence-corrected chi connectivity index (χ2v) is 11.0. The lowest BCUT2D eigenvalue weighted by Gasteiger charge is -2.36. The summed E-state index contributed by atoms with van der Waals surface area (Å²) >= 11 is 0. The van der Waals surface area contributed by atoms with Crippen LogP contribution in [0.5, 0.6) is 0 Å². The van der Waals surface area contributed by atoms with Gasteiger partial charge in [0.25, 0.3) is 0 Å². The van der Waals surface area contributed by atoms with E-state index in [4.69, 9.17) is 0 Å². The van der Waals surface area contributed by atoms with Crippen LogP contribution in [-0.4, -0.2) is 39.0 Å². The largest absolute Gasteiger partial charge is 0.480 e. The van der Waals surface area contributed by atoms with Crippen molar-refractivity contribution in [1.29, 1.82) is 0 Å². The lowest BCUT2D eigenvalue weighted by molar-refractivity contribution is -0.137. The molecule has 2 aliphatic rings. The summed E-state index contributed by atoms with van der Waals surface area (Å²) in [4.78, 5) is 27.9. The number of carbonyl (C=O) groups excluding carboxylic acids is 1. The molecule has 0 bridgehead atoms. The third-order valence-electron chi connectivity index (χ3n) is 8.39. The van der Waals surface area contributed by atoms with Crippen LogP contribution in [0.3, 0.4) is 0 Å². The Morgan fingerprint density at radius 1 is 0.949 bits per heavy atom. The Labute approximate surface area is 227 Å². The summed E-state index contributed by atoms with van der Waals surface area (Å²) in [6.07, 6.45) is 4.72. The Morgan fingerprint density at radius 2 is 1.62 bits per heavy atom. The molecule has 4 aromatic rings. The number of rotatable bonds is 9. The van der Waals surface area contributed by atoms with Crippen LogP contribution < -0.4 is 0 Å². The molecule has 1 N–H and O–H groups in total. The number of aromatic nitrogens is 1. The van der Waals surface area contributed by atoms with Crippen molar-refractivity contribution in [2.45, 2.75) is 57.0 Å². The fourth-order valence-corrected chi connectivity index (χ4v) is 6.31. The summed E-state index contributed by atoms with van der Waals surface area (Å²) in [5.41, 5.74) is 4.94. The minimum atomic E-state index is -0.917. The fraction of sp³-hybridized carbons (Fsp3) is 0.333. The van der Waals surface area contributed by atoms with Gasteiger partial charge in [-0.05, 0) is 72.9 Å². The highest BCUT2D eigenvalue weighted by Gasteiger charge is 2.36. The zero-order chi connectivity index (χ0) is 26.9. The molecular weight excluding hydrogens is 491 g/mol. The highest BCUT2D eigenvalue weighted by Crippen LogP contribution is 2.38. The van der Waals surface area contributed by atoms with Crippen molar-refractivity contribution >= 4 is 22.8 Å². The molecule has 0 spiro atoms. The van der Waals surface area contributed by atoms with Gasteiger partial charge in [-0.2, -0.15) is 0 Å². The quantitative estimate of drug-likeness (QED) is 0.284. The molecule has 1 saturated carbocycles. The molecule has 0 aliphatic heterocycles. The van der Waals surface area contributed by atoms with Crippen LogP contribution in [0.15, 0.2) is 78.9 Å². The summed E-state index contributed by atoms with van der Waals surface area (Å²) in [5, 5.41) is 10.3. The smallest absolute Gasteiger partial charge is 0.323 e. The number of nitrogens with zero attached hydrogens (tertiary/aromatic N) is 2. The van der Waals surface area contributed by atoms with Gasteiger partial charge in [0.05, 0.1) is 0 Å². The number of carboxylic acid groups (broad SMARTS) is 1. The van der Waals surface area contributed by atoms with E-state index < -0.39 is 5.97 Å². The highest BCUT2D eigenvalue weighted by atomic mass is 19.1. The van der Waals surface area contributed by atoms with Gasteiger partial charge in [-0.25, -0.2) is 4.39 Å². The minimum absolute atomic E-state index is 0.00458. The first-order valence-corrected chi connectivity index (χ1v) is 13.9. The molecule has 1 heterocycles. The summed E-state index contributed by atoms with van der Waals surface area (Å²) in [6.45, 7) is 0.597. The lowest BCUT2D eigenvalue weighted by atomic mass is 9.86. The van der Waals surface area contributed by atoms with Crippen molar-refractivity contribution in [2.24, 2.45) is 5.92 Å². The average molecular weight is 525 g/mol. The van der Waals surface area contributed by atoms with Gasteiger partial charge in [0, 0.05) is 41.5 Å². The van der Waals surface area contributed by atoms with E-state index in [2.05, 4.69) is 29.2 Å².